The van der Waals surface area contributed by atoms with Crippen molar-refractivity contribution in [1.82, 2.24) is 15.1 Å². The van der Waals surface area contributed by atoms with E-state index >= 15 is 0 Å². The molecule has 0 spiro atoms. The van der Waals surface area contributed by atoms with Gasteiger partial charge in [0.05, 0.1) is 18.1 Å². The molecule has 130 valence electrons. The molecule has 1 N–H and O–H groups in total. The Kier molecular flexibility index (Phi) is 5.30. The van der Waals surface area contributed by atoms with Crippen molar-refractivity contribution in [2.24, 2.45) is 0 Å². The smallest absolute Gasteiger partial charge is 0.299 e. The summed E-state index contributed by atoms with van der Waals surface area (Å²) in [4.78, 5) is 15.3. The lowest BCUT2D eigenvalue weighted by Crippen LogP contribution is -2.46. The molecule has 3 rings (SSSR count). The highest BCUT2D eigenvalue weighted by atomic mass is 16.6. The third kappa shape index (κ3) is 4.36. The summed E-state index contributed by atoms with van der Waals surface area (Å²) in [5.41, 5.74) is 2.46. The van der Waals surface area contributed by atoms with Gasteiger partial charge in [-0.2, -0.15) is 0 Å². The van der Waals surface area contributed by atoms with Gasteiger partial charge in [0.2, 0.25) is 0 Å². The van der Waals surface area contributed by atoms with Gasteiger partial charge in [-0.05, 0) is 11.1 Å². The van der Waals surface area contributed by atoms with Crippen LogP contribution in [0.5, 0.6) is 0 Å². The third-order valence-corrected chi connectivity index (χ3v) is 4.21. The molecule has 0 saturated heterocycles. The van der Waals surface area contributed by atoms with Gasteiger partial charge in [0.1, 0.15) is 0 Å². The number of hydrogen-bond acceptors (Lipinski definition) is 5. The van der Waals surface area contributed by atoms with Crippen molar-refractivity contribution in [3.05, 3.63) is 93.4 Å². The van der Waals surface area contributed by atoms with Crippen molar-refractivity contribution in [3.8, 4) is 0 Å². The topological polar surface area (TPSA) is 61.7 Å². The van der Waals surface area contributed by atoms with E-state index in [-0.39, 0.29) is 10.6 Å². The molecule has 6 nitrogen and oxygen atoms in total. The lowest BCUT2D eigenvalue weighted by Gasteiger charge is -2.34. The zero-order valence-corrected chi connectivity index (χ0v) is 14.3. The molecule has 0 radical (unpaired) electrons. The molecule has 1 aliphatic heterocycles. The SMILES string of the molecule is CN1CN(Cc2ccccc2)CC([N+](=O)[O-])=C1NCc1ccccc1. The van der Waals surface area contributed by atoms with E-state index in [1.807, 2.05) is 72.6 Å². The van der Waals surface area contributed by atoms with Crippen LogP contribution in [0.2, 0.25) is 0 Å². The molecule has 0 unspecified atom stereocenters. The Labute approximate surface area is 147 Å². The molecule has 6 heteroatoms. The van der Waals surface area contributed by atoms with Crippen molar-refractivity contribution in [2.45, 2.75) is 13.1 Å². The summed E-state index contributed by atoms with van der Waals surface area (Å²) in [6.07, 6.45) is 0. The van der Waals surface area contributed by atoms with Crippen LogP contribution in [0.4, 0.5) is 0 Å². The Hall–Kier alpha value is -2.86. The monoisotopic (exact) mass is 338 g/mol. The quantitative estimate of drug-likeness (QED) is 0.648. The summed E-state index contributed by atoms with van der Waals surface area (Å²) in [5, 5.41) is 14.8. The fourth-order valence-corrected chi connectivity index (χ4v) is 3.04. The minimum atomic E-state index is -0.277. The van der Waals surface area contributed by atoms with Gasteiger partial charge in [0.15, 0.2) is 5.82 Å². The number of nitro groups is 1. The predicted molar refractivity (Wildman–Crippen MR) is 96.8 cm³/mol. The molecular formula is C19H22N4O2. The van der Waals surface area contributed by atoms with Gasteiger partial charge in [0, 0.05) is 20.1 Å². The zero-order chi connectivity index (χ0) is 17.6. The van der Waals surface area contributed by atoms with Crippen LogP contribution in [0.25, 0.3) is 0 Å². The minimum Gasteiger partial charge on any atom is -0.362 e. The molecule has 0 atom stereocenters. The predicted octanol–water partition coefficient (Wildman–Crippen LogP) is 2.63. The first-order valence-corrected chi connectivity index (χ1v) is 8.26. The Morgan fingerprint density at radius 1 is 1.04 bits per heavy atom. The Morgan fingerprint density at radius 2 is 1.64 bits per heavy atom. The van der Waals surface area contributed by atoms with Gasteiger partial charge in [-0.3, -0.25) is 15.0 Å². The Balaban J connectivity index is 1.73. The second-order valence-electron chi connectivity index (χ2n) is 6.20. The van der Waals surface area contributed by atoms with Crippen LogP contribution < -0.4 is 5.32 Å². The Morgan fingerprint density at radius 3 is 2.24 bits per heavy atom. The molecule has 1 heterocycles. The van der Waals surface area contributed by atoms with Crippen molar-refractivity contribution < 1.29 is 4.92 Å². The van der Waals surface area contributed by atoms with Gasteiger partial charge in [-0.1, -0.05) is 60.7 Å². The summed E-state index contributed by atoms with van der Waals surface area (Å²) in [5.74, 6) is 0.596. The van der Waals surface area contributed by atoms with Gasteiger partial charge >= 0.3 is 0 Å². The zero-order valence-electron chi connectivity index (χ0n) is 14.3. The van der Waals surface area contributed by atoms with Crippen LogP contribution in [-0.2, 0) is 13.1 Å². The number of benzene rings is 2. The van der Waals surface area contributed by atoms with E-state index in [9.17, 15) is 10.1 Å². The first-order valence-electron chi connectivity index (χ1n) is 8.26. The number of rotatable bonds is 6. The fraction of sp³-hybridized carbons (Fsp3) is 0.263. The van der Waals surface area contributed by atoms with E-state index in [1.54, 1.807) is 0 Å². The molecule has 0 aromatic heterocycles. The summed E-state index contributed by atoms with van der Waals surface area (Å²) in [6.45, 7) is 2.22. The minimum absolute atomic E-state index is 0.209. The van der Waals surface area contributed by atoms with Gasteiger partial charge < -0.3 is 10.2 Å². The van der Waals surface area contributed by atoms with Crippen LogP contribution in [0.1, 0.15) is 11.1 Å². The van der Waals surface area contributed by atoms with E-state index in [0.29, 0.717) is 32.1 Å². The van der Waals surface area contributed by atoms with Crippen LogP contribution in [0, 0.1) is 10.1 Å². The molecule has 1 aliphatic rings. The van der Waals surface area contributed by atoms with Crippen LogP contribution in [0.3, 0.4) is 0 Å². The second kappa shape index (κ2) is 7.81. The van der Waals surface area contributed by atoms with Gasteiger partial charge in [0.25, 0.3) is 5.70 Å². The van der Waals surface area contributed by atoms with E-state index in [1.165, 1.54) is 0 Å². The second-order valence-corrected chi connectivity index (χ2v) is 6.20. The average Bonchev–Trinajstić information content (AvgIpc) is 2.62. The maximum Gasteiger partial charge on any atom is 0.299 e. The van der Waals surface area contributed by atoms with E-state index < -0.39 is 0 Å². The summed E-state index contributed by atoms with van der Waals surface area (Å²) in [7, 11) is 1.88. The largest absolute Gasteiger partial charge is 0.362 e. The average molecular weight is 338 g/mol. The van der Waals surface area contributed by atoms with Gasteiger partial charge in [-0.25, -0.2) is 0 Å². The van der Waals surface area contributed by atoms with Crippen molar-refractivity contribution >= 4 is 0 Å². The highest BCUT2D eigenvalue weighted by molar-refractivity contribution is 5.18. The maximum atomic E-state index is 11.6. The van der Waals surface area contributed by atoms with Crippen LogP contribution >= 0.6 is 0 Å². The van der Waals surface area contributed by atoms with Crippen LogP contribution in [0.15, 0.2) is 72.2 Å². The van der Waals surface area contributed by atoms with Crippen molar-refractivity contribution in [2.75, 3.05) is 20.3 Å². The first-order chi connectivity index (χ1) is 12.1. The van der Waals surface area contributed by atoms with Crippen LogP contribution in [-0.4, -0.2) is 35.0 Å². The van der Waals surface area contributed by atoms with E-state index in [0.717, 1.165) is 11.1 Å². The highest BCUT2D eigenvalue weighted by Gasteiger charge is 2.30. The molecule has 2 aromatic carbocycles. The standard InChI is InChI=1S/C19H22N4O2/c1-21-15-22(13-17-10-6-3-7-11-17)14-18(23(24)25)19(21)20-12-16-8-4-2-5-9-16/h2-11,20H,12-15H2,1H3. The summed E-state index contributed by atoms with van der Waals surface area (Å²) >= 11 is 0. The highest BCUT2D eigenvalue weighted by Crippen LogP contribution is 2.18. The lowest BCUT2D eigenvalue weighted by molar-refractivity contribution is -0.432. The Bertz CT molecular complexity index is 747. The molecule has 0 amide bonds. The van der Waals surface area contributed by atoms with E-state index in [4.69, 9.17) is 0 Å². The number of nitrogens with zero attached hydrogens (tertiary/aromatic N) is 3. The van der Waals surface area contributed by atoms with Crippen molar-refractivity contribution in [3.63, 3.8) is 0 Å². The lowest BCUT2D eigenvalue weighted by atomic mass is 10.2. The molecule has 0 bridgehead atoms. The van der Waals surface area contributed by atoms with Crippen molar-refractivity contribution in [1.29, 1.82) is 0 Å². The fourth-order valence-electron chi connectivity index (χ4n) is 3.04. The van der Waals surface area contributed by atoms with E-state index in [2.05, 4.69) is 10.2 Å². The first kappa shape index (κ1) is 17.0. The molecule has 0 fully saturated rings. The molecule has 2 aromatic rings. The third-order valence-electron chi connectivity index (χ3n) is 4.21. The number of nitrogens with one attached hydrogen (secondary N) is 1. The summed E-state index contributed by atoms with van der Waals surface area (Å²) in [6, 6.07) is 19.9. The number of hydrogen-bond donors (Lipinski definition) is 1. The summed E-state index contributed by atoms with van der Waals surface area (Å²) < 4.78 is 0. The molecular weight excluding hydrogens is 316 g/mol. The van der Waals surface area contributed by atoms with Gasteiger partial charge in [-0.15, -0.1) is 0 Å². The molecule has 0 aliphatic carbocycles. The normalized spacial score (nSPS) is 15.3. The molecule has 0 saturated carbocycles. The molecule has 25 heavy (non-hydrogen) atoms. The maximum absolute atomic E-state index is 11.6.